The Morgan fingerprint density at radius 3 is 2.58 bits per heavy atom. The van der Waals surface area contributed by atoms with Crippen molar-refractivity contribution in [1.82, 2.24) is 10.2 Å². The van der Waals surface area contributed by atoms with Gasteiger partial charge in [0.05, 0.1) is 0 Å². The SMILES string of the molecule is CCC(Oc1ccccc1C)C(=O)N1CCC2(CCNC2)CC1.Cl. The Hall–Kier alpha value is -1.26. The minimum atomic E-state index is -0.369. The van der Waals surface area contributed by atoms with Crippen molar-refractivity contribution in [2.45, 2.75) is 45.6 Å². The number of hydrogen-bond donors (Lipinski definition) is 1. The van der Waals surface area contributed by atoms with E-state index in [9.17, 15) is 4.79 Å². The summed E-state index contributed by atoms with van der Waals surface area (Å²) in [5, 5.41) is 3.47. The molecule has 4 nitrogen and oxygen atoms in total. The monoisotopic (exact) mass is 352 g/mol. The lowest BCUT2D eigenvalue weighted by atomic mass is 9.78. The molecule has 0 aromatic heterocycles. The van der Waals surface area contributed by atoms with Crippen LogP contribution in [0.15, 0.2) is 24.3 Å². The van der Waals surface area contributed by atoms with E-state index in [0.717, 1.165) is 50.3 Å². The van der Waals surface area contributed by atoms with Crippen molar-refractivity contribution in [1.29, 1.82) is 0 Å². The number of aryl methyl sites for hydroxylation is 1. The highest BCUT2D eigenvalue weighted by Crippen LogP contribution is 2.37. The molecule has 2 aliphatic rings. The number of nitrogens with zero attached hydrogens (tertiary/aromatic N) is 1. The van der Waals surface area contributed by atoms with Gasteiger partial charge >= 0.3 is 0 Å². The molecule has 24 heavy (non-hydrogen) atoms. The van der Waals surface area contributed by atoms with Crippen LogP contribution in [0.2, 0.25) is 0 Å². The number of carbonyl (C=O) groups excluding carboxylic acids is 1. The number of likely N-dealkylation sites (tertiary alicyclic amines) is 1. The summed E-state index contributed by atoms with van der Waals surface area (Å²) in [6.07, 6.45) is 3.83. The Morgan fingerprint density at radius 2 is 2.00 bits per heavy atom. The van der Waals surface area contributed by atoms with E-state index in [4.69, 9.17) is 4.74 Å². The second kappa shape index (κ2) is 8.21. The highest BCUT2D eigenvalue weighted by Gasteiger charge is 2.39. The molecular weight excluding hydrogens is 324 g/mol. The van der Waals surface area contributed by atoms with Crippen molar-refractivity contribution < 1.29 is 9.53 Å². The van der Waals surface area contributed by atoms with E-state index in [1.54, 1.807) is 0 Å². The summed E-state index contributed by atoms with van der Waals surface area (Å²) in [4.78, 5) is 14.8. The van der Waals surface area contributed by atoms with Crippen molar-refractivity contribution >= 4 is 18.3 Å². The van der Waals surface area contributed by atoms with Gasteiger partial charge in [-0.25, -0.2) is 0 Å². The van der Waals surface area contributed by atoms with E-state index in [0.29, 0.717) is 11.8 Å². The summed E-state index contributed by atoms with van der Waals surface area (Å²) >= 11 is 0. The largest absolute Gasteiger partial charge is 0.480 e. The number of rotatable bonds is 4. The van der Waals surface area contributed by atoms with Crippen LogP contribution in [0, 0.1) is 12.3 Å². The van der Waals surface area contributed by atoms with Crippen molar-refractivity contribution in [2.75, 3.05) is 26.2 Å². The molecule has 5 heteroatoms. The zero-order valence-corrected chi connectivity index (χ0v) is 15.5. The van der Waals surface area contributed by atoms with Crippen LogP contribution in [0.1, 0.15) is 38.2 Å². The molecule has 0 aliphatic carbocycles. The first-order valence-electron chi connectivity index (χ1n) is 8.85. The maximum absolute atomic E-state index is 12.8. The van der Waals surface area contributed by atoms with Gasteiger partial charge in [-0.3, -0.25) is 4.79 Å². The second-order valence-corrected chi connectivity index (χ2v) is 7.03. The highest BCUT2D eigenvalue weighted by atomic mass is 35.5. The summed E-state index contributed by atoms with van der Waals surface area (Å²) in [5.41, 5.74) is 1.52. The lowest BCUT2D eigenvalue weighted by Gasteiger charge is -2.40. The zero-order chi connectivity index (χ0) is 16.3. The van der Waals surface area contributed by atoms with Gasteiger partial charge in [0, 0.05) is 19.6 Å². The number of ether oxygens (including phenoxy) is 1. The number of carbonyl (C=O) groups is 1. The zero-order valence-electron chi connectivity index (χ0n) is 14.7. The lowest BCUT2D eigenvalue weighted by molar-refractivity contribution is -0.141. The van der Waals surface area contributed by atoms with E-state index in [1.165, 1.54) is 6.42 Å². The summed E-state index contributed by atoms with van der Waals surface area (Å²) in [6.45, 7) is 8.02. The van der Waals surface area contributed by atoms with Crippen LogP contribution in [-0.2, 0) is 4.79 Å². The third kappa shape index (κ3) is 4.04. The molecule has 1 atom stereocenters. The average molecular weight is 353 g/mol. The van der Waals surface area contributed by atoms with E-state index < -0.39 is 0 Å². The molecule has 1 N–H and O–H groups in total. The molecule has 2 fully saturated rings. The Kier molecular flexibility index (Phi) is 6.53. The molecule has 1 aromatic rings. The van der Waals surface area contributed by atoms with Crippen LogP contribution in [0.4, 0.5) is 0 Å². The van der Waals surface area contributed by atoms with Gasteiger partial charge in [0.25, 0.3) is 5.91 Å². The molecule has 2 aliphatic heterocycles. The van der Waals surface area contributed by atoms with E-state index in [-0.39, 0.29) is 24.4 Å². The van der Waals surface area contributed by atoms with E-state index in [2.05, 4.69) is 5.32 Å². The summed E-state index contributed by atoms with van der Waals surface area (Å²) in [5.74, 6) is 0.970. The van der Waals surface area contributed by atoms with Gasteiger partial charge in [-0.15, -0.1) is 12.4 Å². The maximum Gasteiger partial charge on any atom is 0.263 e. The third-order valence-corrected chi connectivity index (χ3v) is 5.48. The van der Waals surface area contributed by atoms with Crippen molar-refractivity contribution in [3.63, 3.8) is 0 Å². The smallest absolute Gasteiger partial charge is 0.263 e. The summed E-state index contributed by atoms with van der Waals surface area (Å²) < 4.78 is 6.02. The van der Waals surface area contributed by atoms with Gasteiger partial charge in [0.15, 0.2) is 6.10 Å². The average Bonchev–Trinajstić information content (AvgIpc) is 3.02. The number of hydrogen-bond acceptors (Lipinski definition) is 3. The summed E-state index contributed by atoms with van der Waals surface area (Å²) in [7, 11) is 0. The first kappa shape index (κ1) is 19.1. The number of nitrogens with one attached hydrogen (secondary N) is 1. The molecular formula is C19H29ClN2O2. The molecule has 2 heterocycles. The molecule has 3 rings (SSSR count). The second-order valence-electron chi connectivity index (χ2n) is 7.03. The minimum absolute atomic E-state index is 0. The van der Waals surface area contributed by atoms with E-state index >= 15 is 0 Å². The topological polar surface area (TPSA) is 41.6 Å². The minimum Gasteiger partial charge on any atom is -0.480 e. The molecule has 1 unspecified atom stereocenters. The van der Waals surface area contributed by atoms with Gasteiger partial charge in [-0.2, -0.15) is 0 Å². The molecule has 0 saturated carbocycles. The number of amides is 1. The molecule has 1 amide bonds. The van der Waals surface area contributed by atoms with Crippen molar-refractivity contribution in [3.8, 4) is 5.75 Å². The molecule has 2 saturated heterocycles. The molecule has 0 radical (unpaired) electrons. The molecule has 1 spiro atoms. The van der Waals surface area contributed by atoms with Gasteiger partial charge in [-0.05, 0) is 56.2 Å². The lowest BCUT2D eigenvalue weighted by Crippen LogP contribution is -2.48. The standard InChI is InChI=1S/C19H28N2O2.ClH/c1-3-16(23-17-7-5-4-6-15(17)2)18(22)21-12-9-19(10-13-21)8-11-20-14-19;/h4-7,16,20H,3,8-14H2,1-2H3;1H. The van der Waals surface area contributed by atoms with Gasteiger partial charge in [-0.1, -0.05) is 25.1 Å². The predicted molar refractivity (Wildman–Crippen MR) is 98.9 cm³/mol. The number of piperidine rings is 1. The molecule has 134 valence electrons. The summed E-state index contributed by atoms with van der Waals surface area (Å²) in [6, 6.07) is 7.91. The fraction of sp³-hybridized carbons (Fsp3) is 0.632. The normalized spacial score (nSPS) is 20.5. The van der Waals surface area contributed by atoms with Crippen LogP contribution in [-0.4, -0.2) is 43.1 Å². The molecule has 1 aromatic carbocycles. The van der Waals surface area contributed by atoms with Crippen LogP contribution in [0.5, 0.6) is 5.75 Å². The highest BCUT2D eigenvalue weighted by molar-refractivity contribution is 5.85. The van der Waals surface area contributed by atoms with Gasteiger partial charge < -0.3 is 15.0 Å². The fourth-order valence-electron chi connectivity index (χ4n) is 3.78. The number of halogens is 1. The number of para-hydroxylation sites is 1. The van der Waals surface area contributed by atoms with Crippen LogP contribution >= 0.6 is 12.4 Å². The van der Waals surface area contributed by atoms with Crippen molar-refractivity contribution in [2.24, 2.45) is 5.41 Å². The van der Waals surface area contributed by atoms with Gasteiger partial charge in [0.2, 0.25) is 0 Å². The first-order chi connectivity index (χ1) is 11.1. The van der Waals surface area contributed by atoms with Gasteiger partial charge in [0.1, 0.15) is 5.75 Å². The Labute approximate surface area is 151 Å². The van der Waals surface area contributed by atoms with Crippen LogP contribution < -0.4 is 10.1 Å². The fourth-order valence-corrected chi connectivity index (χ4v) is 3.78. The van der Waals surface area contributed by atoms with Crippen LogP contribution in [0.3, 0.4) is 0 Å². The Balaban J connectivity index is 0.00000208. The Bertz CT molecular complexity index is 548. The van der Waals surface area contributed by atoms with Crippen LogP contribution in [0.25, 0.3) is 0 Å². The van der Waals surface area contributed by atoms with E-state index in [1.807, 2.05) is 43.0 Å². The van der Waals surface area contributed by atoms with Crippen molar-refractivity contribution in [3.05, 3.63) is 29.8 Å². The number of benzene rings is 1. The molecule has 0 bridgehead atoms. The predicted octanol–water partition coefficient (Wildman–Crippen LogP) is 3.18. The maximum atomic E-state index is 12.8. The quantitative estimate of drug-likeness (QED) is 0.904. The Morgan fingerprint density at radius 1 is 1.29 bits per heavy atom. The third-order valence-electron chi connectivity index (χ3n) is 5.48. The first-order valence-corrected chi connectivity index (χ1v) is 8.85.